The molecule has 1 rings (SSSR count). The van der Waals surface area contributed by atoms with Crippen LogP contribution in [0.1, 0.15) is 46.2 Å². The fraction of sp³-hybridized carbons (Fsp3) is 0.500. The zero-order chi connectivity index (χ0) is 16.0. The van der Waals surface area contributed by atoms with Crippen LogP contribution in [0.25, 0.3) is 0 Å². The second kappa shape index (κ2) is 7.30. The molecule has 0 radical (unpaired) electrons. The number of hydrogen-bond donors (Lipinski definition) is 1. The third kappa shape index (κ3) is 5.62. The lowest BCUT2D eigenvalue weighted by Gasteiger charge is -2.30. The Kier molecular flexibility index (Phi) is 6.01. The van der Waals surface area contributed by atoms with Crippen molar-refractivity contribution in [2.24, 2.45) is 11.8 Å². The summed E-state index contributed by atoms with van der Waals surface area (Å²) in [5.74, 6) is 0.502. The lowest BCUT2D eigenvalue weighted by molar-refractivity contribution is 0.0485. The number of amides is 1. The molecular weight excluding hydrogens is 262 g/mol. The molecular formula is C18H27NO2. The number of benzene rings is 1. The normalized spacial score (nSPS) is 14.4. The molecule has 0 saturated heterocycles. The second-order valence-corrected chi connectivity index (χ2v) is 6.59. The summed E-state index contributed by atoms with van der Waals surface area (Å²) in [4.78, 5) is 12.1. The monoisotopic (exact) mass is 289 g/mol. The van der Waals surface area contributed by atoms with E-state index in [1.54, 1.807) is 0 Å². The zero-order valence-corrected chi connectivity index (χ0v) is 13.7. The first-order valence-electron chi connectivity index (χ1n) is 7.41. The predicted octanol–water partition coefficient (Wildman–Crippen LogP) is 4.71. The Bertz CT molecular complexity index is 460. The van der Waals surface area contributed by atoms with Crippen LogP contribution in [0.15, 0.2) is 43.0 Å². The molecule has 116 valence electrons. The highest BCUT2D eigenvalue weighted by atomic mass is 16.6. The van der Waals surface area contributed by atoms with Gasteiger partial charge in [-0.25, -0.2) is 4.79 Å². The molecule has 0 aliphatic heterocycles. The van der Waals surface area contributed by atoms with Gasteiger partial charge in [0.15, 0.2) is 0 Å². The summed E-state index contributed by atoms with van der Waals surface area (Å²) in [5, 5.41) is 2.99. The van der Waals surface area contributed by atoms with Gasteiger partial charge in [0, 0.05) is 5.92 Å². The van der Waals surface area contributed by atoms with Crippen molar-refractivity contribution in [2.75, 3.05) is 0 Å². The van der Waals surface area contributed by atoms with E-state index in [-0.39, 0.29) is 12.0 Å². The third-order valence-electron chi connectivity index (χ3n) is 3.26. The number of alkyl carbamates (subject to hydrolysis) is 1. The van der Waals surface area contributed by atoms with Crippen LogP contribution in [0.4, 0.5) is 4.79 Å². The van der Waals surface area contributed by atoms with Gasteiger partial charge in [-0.15, -0.1) is 6.58 Å². The molecule has 1 aromatic carbocycles. The third-order valence-corrected chi connectivity index (χ3v) is 3.26. The molecule has 0 spiro atoms. The average Bonchev–Trinajstić information content (AvgIpc) is 2.37. The smallest absolute Gasteiger partial charge is 0.408 e. The quantitative estimate of drug-likeness (QED) is 0.797. The minimum Gasteiger partial charge on any atom is -0.444 e. The van der Waals surface area contributed by atoms with Crippen molar-refractivity contribution in [1.29, 1.82) is 0 Å². The standard InChI is InChI=1S/C18H27NO2/c1-7-15(13(2)3)16(14-11-9-8-10-12-14)19-17(20)21-18(4,5)6/h7-13,15-16H,1H2,2-6H3,(H,19,20)/t15-,16+/m0/s1. The maximum absolute atomic E-state index is 12.1. The van der Waals surface area contributed by atoms with Crippen LogP contribution >= 0.6 is 0 Å². The molecule has 3 heteroatoms. The number of carbonyl (C=O) groups excluding carboxylic acids is 1. The van der Waals surface area contributed by atoms with E-state index in [4.69, 9.17) is 4.74 Å². The molecule has 0 aromatic heterocycles. The summed E-state index contributed by atoms with van der Waals surface area (Å²) >= 11 is 0. The molecule has 21 heavy (non-hydrogen) atoms. The summed E-state index contributed by atoms with van der Waals surface area (Å²) in [7, 11) is 0. The van der Waals surface area contributed by atoms with Gasteiger partial charge in [0.05, 0.1) is 6.04 Å². The zero-order valence-electron chi connectivity index (χ0n) is 13.7. The number of nitrogens with one attached hydrogen (secondary N) is 1. The Balaban J connectivity index is 2.98. The lowest BCUT2D eigenvalue weighted by Crippen LogP contribution is -2.38. The van der Waals surface area contributed by atoms with Gasteiger partial charge in [0.2, 0.25) is 0 Å². The predicted molar refractivity (Wildman–Crippen MR) is 87.1 cm³/mol. The molecule has 0 saturated carbocycles. The van der Waals surface area contributed by atoms with Gasteiger partial charge in [0.1, 0.15) is 5.60 Å². The first kappa shape index (κ1) is 17.3. The van der Waals surface area contributed by atoms with Crippen molar-refractivity contribution >= 4 is 6.09 Å². The highest BCUT2D eigenvalue weighted by Gasteiger charge is 2.27. The molecule has 1 aromatic rings. The van der Waals surface area contributed by atoms with Crippen molar-refractivity contribution in [2.45, 2.75) is 46.3 Å². The van der Waals surface area contributed by atoms with Gasteiger partial charge < -0.3 is 10.1 Å². The fourth-order valence-corrected chi connectivity index (χ4v) is 2.29. The molecule has 2 atom stereocenters. The topological polar surface area (TPSA) is 38.3 Å². The Morgan fingerprint density at radius 3 is 2.24 bits per heavy atom. The van der Waals surface area contributed by atoms with Crippen molar-refractivity contribution in [3.63, 3.8) is 0 Å². The Labute approximate surface area is 128 Å². The summed E-state index contributed by atoms with van der Waals surface area (Å²) < 4.78 is 5.38. The number of hydrogen-bond acceptors (Lipinski definition) is 2. The summed E-state index contributed by atoms with van der Waals surface area (Å²) in [5.41, 5.74) is 0.550. The van der Waals surface area contributed by atoms with Crippen molar-refractivity contribution in [3.05, 3.63) is 48.6 Å². The number of rotatable bonds is 5. The van der Waals surface area contributed by atoms with Crippen LogP contribution in [0.2, 0.25) is 0 Å². The molecule has 0 heterocycles. The number of carbonyl (C=O) groups is 1. The average molecular weight is 289 g/mol. The molecule has 0 aliphatic rings. The van der Waals surface area contributed by atoms with Crippen molar-refractivity contribution in [1.82, 2.24) is 5.32 Å². The highest BCUT2D eigenvalue weighted by Crippen LogP contribution is 2.29. The van der Waals surface area contributed by atoms with Crippen LogP contribution in [-0.4, -0.2) is 11.7 Å². The van der Waals surface area contributed by atoms with E-state index in [0.29, 0.717) is 5.92 Å². The first-order chi connectivity index (χ1) is 9.74. The number of ether oxygens (including phenoxy) is 1. The van der Waals surface area contributed by atoms with E-state index in [9.17, 15) is 4.79 Å². The highest BCUT2D eigenvalue weighted by molar-refractivity contribution is 5.68. The largest absolute Gasteiger partial charge is 0.444 e. The summed E-state index contributed by atoms with van der Waals surface area (Å²) in [6, 6.07) is 9.80. The van der Waals surface area contributed by atoms with E-state index in [1.807, 2.05) is 57.2 Å². The van der Waals surface area contributed by atoms with Crippen LogP contribution in [0, 0.1) is 11.8 Å². The molecule has 1 N–H and O–H groups in total. The van der Waals surface area contributed by atoms with E-state index in [1.165, 1.54) is 0 Å². The minimum atomic E-state index is -0.507. The lowest BCUT2D eigenvalue weighted by atomic mass is 9.84. The van der Waals surface area contributed by atoms with Crippen molar-refractivity contribution < 1.29 is 9.53 Å². The van der Waals surface area contributed by atoms with E-state index in [2.05, 4.69) is 25.7 Å². The van der Waals surface area contributed by atoms with E-state index >= 15 is 0 Å². The molecule has 0 aliphatic carbocycles. The van der Waals surface area contributed by atoms with Gasteiger partial charge in [-0.3, -0.25) is 0 Å². The molecule has 1 amide bonds. The molecule has 0 fully saturated rings. The van der Waals surface area contributed by atoms with Gasteiger partial charge in [0.25, 0.3) is 0 Å². The fourth-order valence-electron chi connectivity index (χ4n) is 2.29. The van der Waals surface area contributed by atoms with E-state index < -0.39 is 11.7 Å². The molecule has 0 unspecified atom stereocenters. The second-order valence-electron chi connectivity index (χ2n) is 6.59. The van der Waals surface area contributed by atoms with Gasteiger partial charge in [-0.2, -0.15) is 0 Å². The van der Waals surface area contributed by atoms with Crippen LogP contribution in [0.3, 0.4) is 0 Å². The maximum Gasteiger partial charge on any atom is 0.408 e. The maximum atomic E-state index is 12.1. The van der Waals surface area contributed by atoms with Crippen LogP contribution in [0.5, 0.6) is 0 Å². The van der Waals surface area contributed by atoms with Crippen molar-refractivity contribution in [3.8, 4) is 0 Å². The Hall–Kier alpha value is -1.77. The Morgan fingerprint density at radius 1 is 1.24 bits per heavy atom. The summed E-state index contributed by atoms with van der Waals surface area (Å²) in [6.45, 7) is 13.7. The van der Waals surface area contributed by atoms with Crippen LogP contribution < -0.4 is 5.32 Å². The Morgan fingerprint density at radius 2 is 1.81 bits per heavy atom. The SMILES string of the molecule is C=C[C@@H](C(C)C)[C@H](NC(=O)OC(C)(C)C)c1ccccc1. The van der Waals surface area contributed by atoms with Gasteiger partial charge in [-0.1, -0.05) is 50.3 Å². The van der Waals surface area contributed by atoms with E-state index in [0.717, 1.165) is 5.56 Å². The van der Waals surface area contributed by atoms with Crippen LogP contribution in [-0.2, 0) is 4.74 Å². The molecule has 3 nitrogen and oxygen atoms in total. The first-order valence-corrected chi connectivity index (χ1v) is 7.41. The minimum absolute atomic E-state index is 0.139. The van der Waals surface area contributed by atoms with Gasteiger partial charge in [-0.05, 0) is 32.3 Å². The van der Waals surface area contributed by atoms with Gasteiger partial charge >= 0.3 is 6.09 Å². The molecule has 0 bridgehead atoms. The summed E-state index contributed by atoms with van der Waals surface area (Å²) in [6.07, 6.45) is 1.50.